The smallest absolute Gasteiger partial charge is 0.223 e. The molecule has 1 fully saturated rings. The minimum absolute atomic E-state index is 0.00476. The number of Topliss-reactive ketones (excluding diaryl/α,β-unsaturated/α-hetero) is 1. The van der Waals surface area contributed by atoms with E-state index in [0.717, 1.165) is 17.7 Å². The van der Waals surface area contributed by atoms with E-state index >= 15 is 0 Å². The number of ether oxygens (including phenoxy) is 2. The minimum atomic E-state index is -0.0420. The summed E-state index contributed by atoms with van der Waals surface area (Å²) in [6, 6.07) is 17.0. The highest BCUT2D eigenvalue weighted by Crippen LogP contribution is 2.18. The number of hydrogen-bond donors (Lipinski definition) is 0. The van der Waals surface area contributed by atoms with Crippen LogP contribution in [0.5, 0.6) is 5.75 Å². The second-order valence-corrected chi connectivity index (χ2v) is 6.68. The molecule has 0 aromatic heterocycles. The van der Waals surface area contributed by atoms with Gasteiger partial charge in [0.05, 0.1) is 19.8 Å². The Morgan fingerprint density at radius 3 is 2.70 bits per heavy atom. The van der Waals surface area contributed by atoms with Gasteiger partial charge < -0.3 is 14.4 Å². The Kier molecular flexibility index (Phi) is 6.60. The molecule has 1 aliphatic heterocycles. The lowest BCUT2D eigenvalue weighted by Crippen LogP contribution is -2.46. The molecule has 1 heterocycles. The van der Waals surface area contributed by atoms with Gasteiger partial charge in [0.15, 0.2) is 5.78 Å². The first-order valence-corrected chi connectivity index (χ1v) is 9.26. The summed E-state index contributed by atoms with van der Waals surface area (Å²) in [5, 5.41) is 0. The third kappa shape index (κ3) is 5.41. The Labute approximate surface area is 159 Å². The number of hydrogen-bond acceptors (Lipinski definition) is 4. The lowest BCUT2D eigenvalue weighted by atomic mass is 10.0. The summed E-state index contributed by atoms with van der Waals surface area (Å²) in [5.41, 5.74) is 1.77. The number of morpholine rings is 1. The molecule has 142 valence electrons. The summed E-state index contributed by atoms with van der Waals surface area (Å²) in [4.78, 5) is 26.5. The second kappa shape index (κ2) is 9.33. The van der Waals surface area contributed by atoms with E-state index in [2.05, 4.69) is 0 Å². The third-order valence-corrected chi connectivity index (χ3v) is 4.75. The number of carbonyl (C=O) groups excluding carboxylic acids is 2. The van der Waals surface area contributed by atoms with Crippen LogP contribution in [-0.2, 0) is 16.0 Å². The first-order chi connectivity index (χ1) is 13.2. The van der Waals surface area contributed by atoms with E-state index in [1.807, 2.05) is 47.4 Å². The molecule has 1 unspecified atom stereocenters. The zero-order chi connectivity index (χ0) is 19.1. The van der Waals surface area contributed by atoms with Gasteiger partial charge in [-0.1, -0.05) is 42.5 Å². The van der Waals surface area contributed by atoms with E-state index in [4.69, 9.17) is 9.47 Å². The van der Waals surface area contributed by atoms with E-state index in [1.165, 1.54) is 0 Å². The van der Waals surface area contributed by atoms with Crippen molar-refractivity contribution >= 4 is 11.7 Å². The Hall–Kier alpha value is -2.66. The molecular formula is C22H25NO4. The molecule has 27 heavy (non-hydrogen) atoms. The average molecular weight is 367 g/mol. The van der Waals surface area contributed by atoms with Gasteiger partial charge in [-0.15, -0.1) is 0 Å². The van der Waals surface area contributed by atoms with E-state index in [0.29, 0.717) is 25.3 Å². The standard InChI is InChI=1S/C22H25NO4/c1-26-19-9-5-6-17(14-19)15-20-16-23(12-13-27-20)22(25)11-10-21(24)18-7-3-2-4-8-18/h2-9,14,20H,10-13,15-16H2,1H3. The van der Waals surface area contributed by atoms with Crippen LogP contribution in [-0.4, -0.2) is 49.5 Å². The van der Waals surface area contributed by atoms with E-state index in [-0.39, 0.29) is 30.6 Å². The maximum Gasteiger partial charge on any atom is 0.223 e. The minimum Gasteiger partial charge on any atom is -0.497 e. The Morgan fingerprint density at radius 2 is 1.93 bits per heavy atom. The van der Waals surface area contributed by atoms with Crippen molar-refractivity contribution in [2.75, 3.05) is 26.8 Å². The van der Waals surface area contributed by atoms with Crippen molar-refractivity contribution in [3.8, 4) is 5.75 Å². The number of amides is 1. The number of nitrogens with zero attached hydrogens (tertiary/aromatic N) is 1. The van der Waals surface area contributed by atoms with Gasteiger partial charge in [-0.25, -0.2) is 0 Å². The highest BCUT2D eigenvalue weighted by molar-refractivity contribution is 5.97. The molecule has 0 N–H and O–H groups in total. The SMILES string of the molecule is COc1cccc(CC2CN(C(=O)CCC(=O)c3ccccc3)CCO2)c1. The molecule has 0 aliphatic carbocycles. The maximum absolute atomic E-state index is 12.5. The van der Waals surface area contributed by atoms with E-state index in [9.17, 15) is 9.59 Å². The summed E-state index contributed by atoms with van der Waals surface area (Å²) in [6.07, 6.45) is 1.16. The van der Waals surface area contributed by atoms with Crippen LogP contribution < -0.4 is 4.74 Å². The Balaban J connectivity index is 1.51. The highest BCUT2D eigenvalue weighted by atomic mass is 16.5. The topological polar surface area (TPSA) is 55.8 Å². The first-order valence-electron chi connectivity index (χ1n) is 9.26. The highest BCUT2D eigenvalue weighted by Gasteiger charge is 2.24. The van der Waals surface area contributed by atoms with Crippen molar-refractivity contribution < 1.29 is 19.1 Å². The van der Waals surface area contributed by atoms with Crippen LogP contribution in [0.1, 0.15) is 28.8 Å². The molecule has 3 rings (SSSR count). The second-order valence-electron chi connectivity index (χ2n) is 6.68. The van der Waals surface area contributed by atoms with Gasteiger partial charge >= 0.3 is 0 Å². The number of benzene rings is 2. The van der Waals surface area contributed by atoms with E-state index in [1.54, 1.807) is 19.2 Å². The number of rotatable bonds is 7. The van der Waals surface area contributed by atoms with Crippen LogP contribution in [0.15, 0.2) is 54.6 Å². The van der Waals surface area contributed by atoms with Gasteiger partial charge in [-0.2, -0.15) is 0 Å². The fourth-order valence-corrected chi connectivity index (χ4v) is 3.28. The number of ketones is 1. The van der Waals surface area contributed by atoms with Crippen LogP contribution >= 0.6 is 0 Å². The molecular weight excluding hydrogens is 342 g/mol. The molecule has 5 nitrogen and oxygen atoms in total. The number of carbonyl (C=O) groups is 2. The van der Waals surface area contributed by atoms with Gasteiger partial charge in [-0.05, 0) is 17.7 Å². The van der Waals surface area contributed by atoms with Gasteiger partial charge in [0.25, 0.3) is 0 Å². The molecule has 0 radical (unpaired) electrons. The van der Waals surface area contributed by atoms with E-state index < -0.39 is 0 Å². The predicted molar refractivity (Wildman–Crippen MR) is 103 cm³/mol. The number of methoxy groups -OCH3 is 1. The zero-order valence-corrected chi connectivity index (χ0v) is 15.6. The van der Waals surface area contributed by atoms with Crippen molar-refractivity contribution in [2.24, 2.45) is 0 Å². The molecule has 0 bridgehead atoms. The van der Waals surface area contributed by atoms with Crippen LogP contribution in [0, 0.1) is 0 Å². The van der Waals surface area contributed by atoms with Crippen molar-refractivity contribution in [2.45, 2.75) is 25.4 Å². The van der Waals surface area contributed by atoms with Crippen LogP contribution in [0.4, 0.5) is 0 Å². The molecule has 2 aromatic carbocycles. The molecule has 1 aliphatic rings. The Bertz CT molecular complexity index is 775. The van der Waals surface area contributed by atoms with Crippen molar-refractivity contribution in [1.82, 2.24) is 4.90 Å². The van der Waals surface area contributed by atoms with Crippen LogP contribution in [0.2, 0.25) is 0 Å². The third-order valence-electron chi connectivity index (χ3n) is 4.75. The summed E-state index contributed by atoms with van der Waals surface area (Å²) in [7, 11) is 1.65. The summed E-state index contributed by atoms with van der Waals surface area (Å²) in [5.74, 6) is 0.832. The monoisotopic (exact) mass is 367 g/mol. The average Bonchev–Trinajstić information content (AvgIpc) is 2.72. The molecule has 1 amide bonds. The van der Waals surface area contributed by atoms with Crippen LogP contribution in [0.3, 0.4) is 0 Å². The lowest BCUT2D eigenvalue weighted by molar-refractivity contribution is -0.138. The summed E-state index contributed by atoms with van der Waals surface area (Å²) >= 11 is 0. The quantitative estimate of drug-likeness (QED) is 0.706. The summed E-state index contributed by atoms with van der Waals surface area (Å²) in [6.45, 7) is 1.65. The van der Waals surface area contributed by atoms with Gasteiger partial charge in [-0.3, -0.25) is 9.59 Å². The molecule has 0 saturated carbocycles. The van der Waals surface area contributed by atoms with Gasteiger partial charge in [0.2, 0.25) is 5.91 Å². The Morgan fingerprint density at radius 1 is 1.11 bits per heavy atom. The maximum atomic E-state index is 12.5. The van der Waals surface area contributed by atoms with Gasteiger partial charge in [0.1, 0.15) is 5.75 Å². The molecule has 2 aromatic rings. The molecule has 5 heteroatoms. The lowest BCUT2D eigenvalue weighted by Gasteiger charge is -2.33. The molecule has 0 spiro atoms. The van der Waals surface area contributed by atoms with Crippen molar-refractivity contribution in [3.63, 3.8) is 0 Å². The van der Waals surface area contributed by atoms with Crippen LogP contribution in [0.25, 0.3) is 0 Å². The largest absolute Gasteiger partial charge is 0.497 e. The zero-order valence-electron chi connectivity index (χ0n) is 15.6. The fourth-order valence-electron chi connectivity index (χ4n) is 3.28. The fraction of sp³-hybridized carbons (Fsp3) is 0.364. The molecule has 1 saturated heterocycles. The normalized spacial score (nSPS) is 16.8. The summed E-state index contributed by atoms with van der Waals surface area (Å²) < 4.78 is 11.1. The van der Waals surface area contributed by atoms with Crippen molar-refractivity contribution in [3.05, 3.63) is 65.7 Å². The van der Waals surface area contributed by atoms with Crippen molar-refractivity contribution in [1.29, 1.82) is 0 Å². The predicted octanol–water partition coefficient (Wildman–Crippen LogP) is 3.13. The molecule has 1 atom stereocenters. The van der Waals surface area contributed by atoms with Gasteiger partial charge in [0, 0.05) is 37.9 Å². The first kappa shape index (κ1) is 19.1.